The molecule has 104 valence electrons. The summed E-state index contributed by atoms with van der Waals surface area (Å²) in [6, 6.07) is 4.20. The van der Waals surface area contributed by atoms with E-state index in [4.69, 9.17) is 16.3 Å². The topological polar surface area (TPSA) is 72.5 Å². The first-order valence-corrected chi connectivity index (χ1v) is 7.38. The van der Waals surface area contributed by atoms with Crippen molar-refractivity contribution >= 4 is 33.0 Å². The third-order valence-electron chi connectivity index (χ3n) is 2.28. The Kier molecular flexibility index (Phi) is 5.53. The SMILES string of the molecule is C=CC(=O)Nc1ccc(S(=O)(=O)CCOC)c(Cl)c1. The predicted molar refractivity (Wildman–Crippen MR) is 74.2 cm³/mol. The number of methoxy groups -OCH3 is 1. The average Bonchev–Trinajstić information content (AvgIpc) is 2.36. The molecule has 1 amide bonds. The van der Waals surface area contributed by atoms with Gasteiger partial charge in [-0.15, -0.1) is 0 Å². The number of rotatable bonds is 6. The van der Waals surface area contributed by atoms with Gasteiger partial charge in [-0.25, -0.2) is 8.42 Å². The maximum Gasteiger partial charge on any atom is 0.247 e. The van der Waals surface area contributed by atoms with E-state index in [1.807, 2.05) is 0 Å². The lowest BCUT2D eigenvalue weighted by atomic mass is 10.3. The molecular weight excluding hydrogens is 290 g/mol. The Morgan fingerprint density at radius 2 is 2.21 bits per heavy atom. The number of hydrogen-bond donors (Lipinski definition) is 1. The number of ether oxygens (including phenoxy) is 1. The second-order valence-corrected chi connectivity index (χ2v) is 6.14. The highest BCUT2D eigenvalue weighted by molar-refractivity contribution is 7.91. The molecule has 1 aromatic carbocycles. The summed E-state index contributed by atoms with van der Waals surface area (Å²) in [5.74, 6) is -0.548. The largest absolute Gasteiger partial charge is 0.384 e. The zero-order chi connectivity index (χ0) is 14.5. The van der Waals surface area contributed by atoms with Crippen molar-refractivity contribution in [1.82, 2.24) is 0 Å². The number of anilines is 1. The van der Waals surface area contributed by atoms with Crippen LogP contribution >= 0.6 is 11.6 Å². The highest BCUT2D eigenvalue weighted by atomic mass is 35.5. The quantitative estimate of drug-likeness (QED) is 0.815. The maximum absolute atomic E-state index is 11.9. The van der Waals surface area contributed by atoms with E-state index in [0.717, 1.165) is 6.08 Å². The molecule has 0 fully saturated rings. The van der Waals surface area contributed by atoms with E-state index in [-0.39, 0.29) is 22.3 Å². The normalized spacial score (nSPS) is 11.1. The summed E-state index contributed by atoms with van der Waals surface area (Å²) in [5.41, 5.74) is 0.403. The summed E-state index contributed by atoms with van der Waals surface area (Å²) in [5, 5.41) is 2.55. The molecule has 0 spiro atoms. The van der Waals surface area contributed by atoms with Gasteiger partial charge in [0.05, 0.1) is 22.3 Å². The number of sulfone groups is 1. The number of carbonyl (C=O) groups is 1. The highest BCUT2D eigenvalue weighted by Gasteiger charge is 2.18. The zero-order valence-electron chi connectivity index (χ0n) is 10.3. The van der Waals surface area contributed by atoms with E-state index < -0.39 is 15.7 Å². The minimum absolute atomic E-state index is 0.0165. The molecule has 1 N–H and O–H groups in total. The molecule has 0 saturated heterocycles. The van der Waals surface area contributed by atoms with Gasteiger partial charge in [-0.2, -0.15) is 0 Å². The first-order chi connectivity index (χ1) is 8.90. The van der Waals surface area contributed by atoms with Gasteiger partial charge in [0.25, 0.3) is 0 Å². The van der Waals surface area contributed by atoms with E-state index in [1.54, 1.807) is 0 Å². The van der Waals surface area contributed by atoms with Crippen molar-refractivity contribution in [3.63, 3.8) is 0 Å². The molecule has 19 heavy (non-hydrogen) atoms. The maximum atomic E-state index is 11.9. The van der Waals surface area contributed by atoms with Gasteiger partial charge < -0.3 is 10.1 Å². The van der Waals surface area contributed by atoms with Crippen LogP contribution in [0.2, 0.25) is 5.02 Å². The van der Waals surface area contributed by atoms with Crippen molar-refractivity contribution in [2.45, 2.75) is 4.90 Å². The third-order valence-corrected chi connectivity index (χ3v) is 4.43. The Bertz CT molecular complexity index is 583. The van der Waals surface area contributed by atoms with Crippen LogP contribution in [0.15, 0.2) is 35.7 Å². The number of nitrogens with one attached hydrogen (secondary N) is 1. The monoisotopic (exact) mass is 303 g/mol. The van der Waals surface area contributed by atoms with Gasteiger partial charge in [0.1, 0.15) is 0 Å². The molecule has 0 aliphatic carbocycles. The average molecular weight is 304 g/mol. The Morgan fingerprint density at radius 3 is 2.74 bits per heavy atom. The molecule has 1 rings (SSSR count). The van der Waals surface area contributed by atoms with Crippen molar-refractivity contribution in [1.29, 1.82) is 0 Å². The highest BCUT2D eigenvalue weighted by Crippen LogP contribution is 2.26. The molecule has 0 saturated carbocycles. The van der Waals surface area contributed by atoms with E-state index >= 15 is 0 Å². The van der Waals surface area contributed by atoms with Gasteiger partial charge in [-0.05, 0) is 24.3 Å². The fraction of sp³-hybridized carbons (Fsp3) is 0.250. The summed E-state index contributed by atoms with van der Waals surface area (Å²) in [4.78, 5) is 11.1. The van der Waals surface area contributed by atoms with Crippen LogP contribution in [0.25, 0.3) is 0 Å². The van der Waals surface area contributed by atoms with Crippen molar-refractivity contribution in [2.24, 2.45) is 0 Å². The standard InChI is InChI=1S/C12H14ClNO4S/c1-3-12(15)14-9-4-5-11(10(13)8-9)19(16,17)7-6-18-2/h3-5,8H,1,6-7H2,2H3,(H,14,15). The smallest absolute Gasteiger partial charge is 0.247 e. The number of carbonyl (C=O) groups excluding carboxylic acids is 1. The number of halogens is 1. The molecule has 1 aromatic rings. The predicted octanol–water partition coefficient (Wildman–Crippen LogP) is 1.88. The molecule has 0 aliphatic rings. The van der Waals surface area contributed by atoms with Gasteiger partial charge in [-0.3, -0.25) is 4.79 Å². The van der Waals surface area contributed by atoms with Crippen LogP contribution in [0.1, 0.15) is 0 Å². The van der Waals surface area contributed by atoms with E-state index in [9.17, 15) is 13.2 Å². The first-order valence-electron chi connectivity index (χ1n) is 5.35. The minimum Gasteiger partial charge on any atom is -0.384 e. The van der Waals surface area contributed by atoms with Gasteiger partial charge in [0, 0.05) is 12.8 Å². The minimum atomic E-state index is -3.49. The van der Waals surface area contributed by atoms with E-state index in [1.165, 1.54) is 25.3 Å². The van der Waals surface area contributed by atoms with Crippen molar-refractivity contribution in [3.8, 4) is 0 Å². The lowest BCUT2D eigenvalue weighted by Crippen LogP contribution is -2.12. The molecule has 0 aromatic heterocycles. The number of amides is 1. The van der Waals surface area contributed by atoms with Gasteiger partial charge in [0.2, 0.25) is 5.91 Å². The van der Waals surface area contributed by atoms with Gasteiger partial charge >= 0.3 is 0 Å². The molecule has 0 unspecified atom stereocenters. The number of hydrogen-bond acceptors (Lipinski definition) is 4. The fourth-order valence-electron chi connectivity index (χ4n) is 1.33. The van der Waals surface area contributed by atoms with Crippen molar-refractivity contribution < 1.29 is 17.9 Å². The second kappa shape index (κ2) is 6.70. The first kappa shape index (κ1) is 15.7. The van der Waals surface area contributed by atoms with E-state index in [0.29, 0.717) is 5.69 Å². The van der Waals surface area contributed by atoms with Crippen molar-refractivity contribution in [3.05, 3.63) is 35.9 Å². The second-order valence-electron chi connectivity index (χ2n) is 3.65. The van der Waals surface area contributed by atoms with Crippen LogP contribution in [0.5, 0.6) is 0 Å². The van der Waals surface area contributed by atoms with Crippen LogP contribution in [0, 0.1) is 0 Å². The van der Waals surface area contributed by atoms with Gasteiger partial charge in [-0.1, -0.05) is 18.2 Å². The molecule has 7 heteroatoms. The van der Waals surface area contributed by atoms with E-state index in [2.05, 4.69) is 11.9 Å². The van der Waals surface area contributed by atoms with Crippen LogP contribution in [0.3, 0.4) is 0 Å². The third kappa shape index (κ3) is 4.34. The molecule has 0 bridgehead atoms. The van der Waals surface area contributed by atoms with Crippen LogP contribution in [-0.4, -0.2) is 33.8 Å². The van der Waals surface area contributed by atoms with Crippen molar-refractivity contribution in [2.75, 3.05) is 24.8 Å². The summed E-state index contributed by atoms with van der Waals surface area (Å²) in [7, 11) is -2.07. The Hall–Kier alpha value is -1.37. The molecule has 0 radical (unpaired) electrons. The molecule has 0 atom stereocenters. The summed E-state index contributed by atoms with van der Waals surface area (Å²) < 4.78 is 28.6. The summed E-state index contributed by atoms with van der Waals surface area (Å²) in [6.45, 7) is 3.41. The lowest BCUT2D eigenvalue weighted by Gasteiger charge is -2.08. The Balaban J connectivity index is 3.00. The summed E-state index contributed by atoms with van der Waals surface area (Å²) in [6.07, 6.45) is 1.11. The fourth-order valence-corrected chi connectivity index (χ4v) is 3.10. The van der Waals surface area contributed by atoms with Crippen LogP contribution in [-0.2, 0) is 19.4 Å². The molecule has 0 heterocycles. The molecule has 0 aliphatic heterocycles. The van der Waals surface area contributed by atoms with Crippen LogP contribution < -0.4 is 5.32 Å². The van der Waals surface area contributed by atoms with Gasteiger partial charge in [0.15, 0.2) is 9.84 Å². The zero-order valence-corrected chi connectivity index (χ0v) is 11.9. The molecule has 5 nitrogen and oxygen atoms in total. The molecular formula is C12H14ClNO4S. The Morgan fingerprint density at radius 1 is 1.53 bits per heavy atom. The summed E-state index contributed by atoms with van der Waals surface area (Å²) >= 11 is 5.92. The van der Waals surface area contributed by atoms with Crippen LogP contribution in [0.4, 0.5) is 5.69 Å². The Labute approximate surface area is 117 Å². The number of benzene rings is 1. The lowest BCUT2D eigenvalue weighted by molar-refractivity contribution is -0.111.